The molecular weight excluding hydrogens is 448 g/mol. The highest BCUT2D eigenvalue weighted by atomic mass is 35.5. The van der Waals surface area contributed by atoms with E-state index in [-0.39, 0.29) is 23.2 Å². The molecule has 0 aliphatic rings. The van der Waals surface area contributed by atoms with E-state index in [0.29, 0.717) is 33.9 Å². The van der Waals surface area contributed by atoms with Crippen molar-refractivity contribution < 1.29 is 8.78 Å². The fraction of sp³-hybridized carbons (Fsp3) is 0.0870. The number of fused-ring (bicyclic) bond motifs is 1. The van der Waals surface area contributed by atoms with Crippen LogP contribution in [0.3, 0.4) is 0 Å². The fourth-order valence-corrected chi connectivity index (χ4v) is 3.41. The molecule has 0 radical (unpaired) electrons. The third-order valence-corrected chi connectivity index (χ3v) is 5.00. The van der Waals surface area contributed by atoms with Crippen LogP contribution in [-0.2, 0) is 6.42 Å². The van der Waals surface area contributed by atoms with Gasteiger partial charge in [-0.2, -0.15) is 4.52 Å². The lowest BCUT2D eigenvalue weighted by molar-refractivity contribution is 0.601. The molecule has 0 fully saturated rings. The van der Waals surface area contributed by atoms with Crippen LogP contribution in [0.4, 0.5) is 14.7 Å². The molecule has 10 heteroatoms. The Morgan fingerprint density at radius 3 is 2.76 bits per heavy atom. The van der Waals surface area contributed by atoms with Crippen LogP contribution in [0.2, 0.25) is 5.15 Å². The average molecular weight is 466 g/mol. The van der Waals surface area contributed by atoms with Crippen LogP contribution >= 0.6 is 11.6 Å². The number of nitrogens with zero attached hydrogens (tertiary/aromatic N) is 6. The van der Waals surface area contributed by atoms with Gasteiger partial charge in [-0.3, -0.25) is 4.98 Å². The lowest BCUT2D eigenvalue weighted by atomic mass is 10.0. The maximum atomic E-state index is 14.1. The molecular formula is C23H18ClF2N7. The lowest BCUT2D eigenvalue weighted by Gasteiger charge is -2.12. The summed E-state index contributed by atoms with van der Waals surface area (Å²) in [5.41, 5.74) is 9.06. The van der Waals surface area contributed by atoms with Crippen LogP contribution in [0.15, 0.2) is 67.3 Å². The van der Waals surface area contributed by atoms with Crippen molar-refractivity contribution >= 4 is 28.8 Å². The summed E-state index contributed by atoms with van der Waals surface area (Å²) < 4.78 is 29.1. The van der Waals surface area contributed by atoms with E-state index >= 15 is 0 Å². The van der Waals surface area contributed by atoms with Gasteiger partial charge in [0.1, 0.15) is 16.8 Å². The second kappa shape index (κ2) is 9.25. The van der Waals surface area contributed by atoms with Crippen molar-refractivity contribution in [2.45, 2.75) is 13.3 Å². The molecule has 0 atom stereocenters. The number of hydrogen-bond donors (Lipinski definition) is 1. The van der Waals surface area contributed by atoms with Crippen LogP contribution in [0.5, 0.6) is 0 Å². The van der Waals surface area contributed by atoms with Crippen molar-refractivity contribution in [3.8, 4) is 11.1 Å². The largest absolute Gasteiger partial charge is 0.368 e. The first-order chi connectivity index (χ1) is 15.9. The fourth-order valence-electron chi connectivity index (χ4n) is 3.23. The maximum absolute atomic E-state index is 14.1. The Kier molecular flexibility index (Phi) is 6.23. The van der Waals surface area contributed by atoms with Crippen LogP contribution < -0.4 is 5.73 Å². The summed E-state index contributed by atoms with van der Waals surface area (Å²) in [6, 6.07) is 6.22. The third kappa shape index (κ3) is 4.63. The minimum Gasteiger partial charge on any atom is -0.368 e. The van der Waals surface area contributed by atoms with E-state index in [4.69, 9.17) is 17.3 Å². The molecule has 166 valence electrons. The van der Waals surface area contributed by atoms with Gasteiger partial charge in [0.2, 0.25) is 5.95 Å². The van der Waals surface area contributed by atoms with Crippen molar-refractivity contribution in [1.29, 1.82) is 0 Å². The van der Waals surface area contributed by atoms with E-state index in [0.717, 1.165) is 6.08 Å². The summed E-state index contributed by atoms with van der Waals surface area (Å²) in [6.07, 6.45) is 7.03. The molecule has 0 amide bonds. The number of aromatic nitrogens is 6. The third-order valence-electron chi connectivity index (χ3n) is 4.79. The summed E-state index contributed by atoms with van der Waals surface area (Å²) in [4.78, 5) is 17.2. The van der Waals surface area contributed by atoms with Crippen molar-refractivity contribution in [1.82, 2.24) is 29.5 Å². The molecule has 0 aliphatic carbocycles. The Balaban J connectivity index is 1.95. The number of halogens is 3. The van der Waals surface area contributed by atoms with Gasteiger partial charge in [0.05, 0.1) is 23.4 Å². The number of nitrogen functional groups attached to an aromatic ring is 1. The van der Waals surface area contributed by atoms with Gasteiger partial charge in [-0.15, -0.1) is 5.10 Å². The molecule has 7 nitrogen and oxygen atoms in total. The zero-order valence-corrected chi connectivity index (χ0v) is 18.3. The number of allylic oxidation sites excluding steroid dienone is 5. The van der Waals surface area contributed by atoms with Crippen LogP contribution in [0.1, 0.15) is 24.1 Å². The molecule has 0 saturated heterocycles. The standard InChI is InChI=1S/C23H18ClF2N7/c1-3-15(25)7-6-13(2)21-20(14-8-10-29-18(24)11-14)22-30-19(32-33(22)23(27)31-21)12-17-16(26)5-4-9-28-17/h3-11H,1,12H2,2H3,(H2,27,31)/b13-6+,15-7+. The highest BCUT2D eigenvalue weighted by molar-refractivity contribution is 6.29. The smallest absolute Gasteiger partial charge is 0.223 e. The van der Waals surface area contributed by atoms with Gasteiger partial charge in [0, 0.05) is 12.4 Å². The number of rotatable bonds is 6. The molecule has 4 heterocycles. The SMILES string of the molecule is C=C/C(F)=C\C=C(/C)c1nc(N)n2nc(Cc3ncccc3F)nc2c1-c1ccnc(Cl)c1. The zero-order valence-electron chi connectivity index (χ0n) is 17.5. The van der Waals surface area contributed by atoms with E-state index < -0.39 is 11.6 Å². The predicted octanol–water partition coefficient (Wildman–Crippen LogP) is 4.99. The Hall–Kier alpha value is -3.98. The summed E-state index contributed by atoms with van der Waals surface area (Å²) >= 11 is 6.13. The molecule has 4 aromatic heterocycles. The second-order valence-corrected chi connectivity index (χ2v) is 7.43. The van der Waals surface area contributed by atoms with E-state index in [2.05, 4.69) is 31.6 Å². The van der Waals surface area contributed by atoms with Gasteiger partial charge >= 0.3 is 0 Å². The van der Waals surface area contributed by atoms with Crippen LogP contribution in [0.25, 0.3) is 22.3 Å². The van der Waals surface area contributed by atoms with Gasteiger partial charge in [0.15, 0.2) is 11.5 Å². The lowest BCUT2D eigenvalue weighted by Crippen LogP contribution is -2.07. The van der Waals surface area contributed by atoms with Crippen molar-refractivity contribution in [2.24, 2.45) is 0 Å². The Morgan fingerprint density at radius 2 is 2.03 bits per heavy atom. The van der Waals surface area contributed by atoms with Gasteiger partial charge in [-0.05, 0) is 54.5 Å². The Morgan fingerprint density at radius 1 is 1.21 bits per heavy atom. The number of nitrogens with two attached hydrogens (primary N) is 1. The van der Waals surface area contributed by atoms with Gasteiger partial charge < -0.3 is 5.73 Å². The van der Waals surface area contributed by atoms with E-state index in [1.54, 1.807) is 31.3 Å². The minimum absolute atomic E-state index is 0.0573. The van der Waals surface area contributed by atoms with Crippen molar-refractivity contribution in [3.63, 3.8) is 0 Å². The maximum Gasteiger partial charge on any atom is 0.223 e. The predicted molar refractivity (Wildman–Crippen MR) is 123 cm³/mol. The van der Waals surface area contributed by atoms with Gasteiger partial charge in [0.25, 0.3) is 0 Å². The Bertz CT molecular complexity index is 1430. The molecule has 33 heavy (non-hydrogen) atoms. The monoisotopic (exact) mass is 465 g/mol. The average Bonchev–Trinajstić information content (AvgIpc) is 3.22. The van der Waals surface area contributed by atoms with Crippen molar-refractivity contribution in [2.75, 3.05) is 5.73 Å². The van der Waals surface area contributed by atoms with Crippen molar-refractivity contribution in [3.05, 3.63) is 95.5 Å². The molecule has 4 rings (SSSR count). The molecule has 0 aromatic carbocycles. The summed E-state index contributed by atoms with van der Waals surface area (Å²) in [5, 5.41) is 4.67. The highest BCUT2D eigenvalue weighted by Gasteiger charge is 2.20. The zero-order chi connectivity index (χ0) is 23.5. The summed E-state index contributed by atoms with van der Waals surface area (Å²) in [6.45, 7) is 5.16. The second-order valence-electron chi connectivity index (χ2n) is 7.04. The molecule has 0 unspecified atom stereocenters. The first kappa shape index (κ1) is 22.2. The van der Waals surface area contributed by atoms with E-state index in [1.807, 2.05) is 0 Å². The summed E-state index contributed by atoms with van der Waals surface area (Å²) in [5.74, 6) is -0.595. The number of hydrogen-bond acceptors (Lipinski definition) is 6. The van der Waals surface area contributed by atoms with Gasteiger partial charge in [-0.1, -0.05) is 24.3 Å². The first-order valence-corrected chi connectivity index (χ1v) is 10.2. The molecule has 4 aromatic rings. The summed E-state index contributed by atoms with van der Waals surface area (Å²) in [7, 11) is 0. The topological polar surface area (TPSA) is 94.9 Å². The number of pyridine rings is 2. The van der Waals surface area contributed by atoms with Gasteiger partial charge in [-0.25, -0.2) is 23.7 Å². The molecule has 0 bridgehead atoms. The first-order valence-electron chi connectivity index (χ1n) is 9.80. The number of anilines is 1. The quantitative estimate of drug-likeness (QED) is 0.318. The minimum atomic E-state index is -0.501. The normalized spacial score (nSPS) is 12.4. The Labute approximate surface area is 193 Å². The molecule has 0 saturated carbocycles. The van der Waals surface area contributed by atoms with Crippen LogP contribution in [0, 0.1) is 5.82 Å². The van der Waals surface area contributed by atoms with Crippen LogP contribution in [-0.4, -0.2) is 29.5 Å². The molecule has 0 spiro atoms. The van der Waals surface area contributed by atoms with E-state index in [1.165, 1.54) is 28.9 Å². The molecule has 0 aliphatic heterocycles. The van der Waals surface area contributed by atoms with E-state index in [9.17, 15) is 8.78 Å². The highest BCUT2D eigenvalue weighted by Crippen LogP contribution is 2.33. The molecule has 2 N–H and O–H groups in total.